The Bertz CT molecular complexity index is 1420. The minimum absolute atomic E-state index is 0.0214. The van der Waals surface area contributed by atoms with Gasteiger partial charge in [0.2, 0.25) is 11.7 Å². The van der Waals surface area contributed by atoms with Crippen LogP contribution in [0.1, 0.15) is 17.5 Å². The van der Waals surface area contributed by atoms with Crippen LogP contribution in [0, 0.1) is 5.82 Å². The van der Waals surface area contributed by atoms with Crippen molar-refractivity contribution < 1.29 is 23.5 Å². The minimum Gasteiger partial charge on any atom is -0.442 e. The number of nitrogens with one attached hydrogen (secondary N) is 2. The molecule has 12 heteroatoms. The van der Waals surface area contributed by atoms with Crippen molar-refractivity contribution in [3.8, 4) is 5.69 Å². The molecule has 35 heavy (non-hydrogen) atoms. The summed E-state index contributed by atoms with van der Waals surface area (Å²) in [5, 5.41) is 5.71. The molecule has 1 aliphatic rings. The Balaban J connectivity index is 1.34. The normalized spacial score (nSPS) is 15.3. The molecule has 3 amide bonds. The van der Waals surface area contributed by atoms with Crippen molar-refractivity contribution in [3.05, 3.63) is 66.5 Å². The number of hydrogen-bond donors (Lipinski definition) is 2. The lowest BCUT2D eigenvalue weighted by Crippen LogP contribution is -2.33. The maximum absolute atomic E-state index is 15.1. The predicted molar refractivity (Wildman–Crippen MR) is 127 cm³/mol. The monoisotopic (exact) mass is 494 g/mol. The molecule has 2 N–H and O–H groups in total. The second kappa shape index (κ2) is 9.14. The third kappa shape index (κ3) is 4.55. The van der Waals surface area contributed by atoms with Crippen molar-refractivity contribution in [2.24, 2.45) is 0 Å². The van der Waals surface area contributed by atoms with E-state index >= 15 is 4.39 Å². The van der Waals surface area contributed by atoms with Crippen molar-refractivity contribution >= 4 is 50.3 Å². The number of hydrogen-bond acceptors (Lipinski definition) is 7. The lowest BCUT2D eigenvalue weighted by Gasteiger charge is -2.15. The first-order chi connectivity index (χ1) is 16.9. The predicted octanol–water partition coefficient (Wildman–Crippen LogP) is 3.33. The van der Waals surface area contributed by atoms with Gasteiger partial charge in [0, 0.05) is 19.3 Å². The maximum atomic E-state index is 15.1. The second-order valence-electron chi connectivity index (χ2n) is 7.75. The molecule has 10 nitrogen and oxygen atoms in total. The molecule has 178 valence electrons. The lowest BCUT2D eigenvalue weighted by atomic mass is 10.2. The topological polar surface area (TPSA) is 118 Å². The van der Waals surface area contributed by atoms with E-state index in [9.17, 15) is 14.4 Å². The van der Waals surface area contributed by atoms with Gasteiger partial charge in [-0.05, 0) is 30.3 Å². The summed E-state index contributed by atoms with van der Waals surface area (Å²) in [7, 11) is 0. The number of carbonyl (C=O) groups is 3. The maximum Gasteiger partial charge on any atom is 0.414 e. The first-order valence-corrected chi connectivity index (χ1v) is 11.4. The quantitative estimate of drug-likeness (QED) is 0.425. The summed E-state index contributed by atoms with van der Waals surface area (Å²) >= 11 is 1.32. The fraction of sp³-hybridized carbons (Fsp3) is 0.174. The van der Waals surface area contributed by atoms with E-state index in [2.05, 4.69) is 20.6 Å². The highest BCUT2D eigenvalue weighted by Crippen LogP contribution is 2.28. The third-order valence-electron chi connectivity index (χ3n) is 5.31. The van der Waals surface area contributed by atoms with E-state index in [1.807, 2.05) is 24.3 Å². The van der Waals surface area contributed by atoms with E-state index in [0.717, 1.165) is 10.2 Å². The van der Waals surface area contributed by atoms with Crippen LogP contribution in [0.2, 0.25) is 0 Å². The number of thiazole rings is 1. The van der Waals surface area contributed by atoms with Crippen LogP contribution in [-0.4, -0.2) is 51.6 Å². The van der Waals surface area contributed by atoms with Gasteiger partial charge in [-0.2, -0.15) is 0 Å². The second-order valence-corrected chi connectivity index (χ2v) is 8.78. The number of aromatic nitrogens is 3. The first kappa shape index (κ1) is 22.5. The molecule has 1 fully saturated rings. The molecule has 0 unspecified atom stereocenters. The van der Waals surface area contributed by atoms with Crippen molar-refractivity contribution in [1.29, 1.82) is 0 Å². The van der Waals surface area contributed by atoms with E-state index in [1.165, 1.54) is 52.3 Å². The summed E-state index contributed by atoms with van der Waals surface area (Å²) in [4.78, 5) is 45.9. The van der Waals surface area contributed by atoms with E-state index < -0.39 is 23.9 Å². The van der Waals surface area contributed by atoms with E-state index in [1.54, 1.807) is 6.07 Å². The summed E-state index contributed by atoms with van der Waals surface area (Å²) in [6.07, 6.45) is 1.69. The number of para-hydroxylation sites is 1. The van der Waals surface area contributed by atoms with Gasteiger partial charge in [-0.25, -0.2) is 19.2 Å². The molecule has 0 radical (unpaired) electrons. The van der Waals surface area contributed by atoms with Crippen LogP contribution in [0.3, 0.4) is 0 Å². The Morgan fingerprint density at radius 3 is 2.86 bits per heavy atom. The van der Waals surface area contributed by atoms with Crippen molar-refractivity contribution in [2.75, 3.05) is 23.3 Å². The van der Waals surface area contributed by atoms with E-state index in [4.69, 9.17) is 4.74 Å². The molecule has 3 heterocycles. The number of imidazole rings is 1. The molecule has 1 saturated heterocycles. The van der Waals surface area contributed by atoms with Crippen LogP contribution in [0.4, 0.5) is 20.0 Å². The minimum atomic E-state index is -0.660. The van der Waals surface area contributed by atoms with Crippen LogP contribution in [0.25, 0.3) is 15.9 Å². The molecule has 0 saturated carbocycles. The average molecular weight is 495 g/mol. The van der Waals surface area contributed by atoms with Crippen LogP contribution in [0.15, 0.2) is 54.9 Å². The van der Waals surface area contributed by atoms with Gasteiger partial charge < -0.3 is 10.1 Å². The van der Waals surface area contributed by atoms with Crippen LogP contribution >= 0.6 is 11.3 Å². The number of nitrogens with zero attached hydrogens (tertiary/aromatic N) is 4. The SMILES string of the molecule is CC(=O)NC[C@H]1CN(c2ccc(-n3ccnc3C(=O)Nc3nc4ccccc4s3)c(F)c2)C(=O)O1. The number of rotatable bonds is 6. The Hall–Kier alpha value is -4.32. The van der Waals surface area contributed by atoms with Gasteiger partial charge in [0.1, 0.15) is 11.9 Å². The molecule has 0 spiro atoms. The highest BCUT2D eigenvalue weighted by Gasteiger charge is 2.33. The van der Waals surface area contributed by atoms with Gasteiger partial charge >= 0.3 is 6.09 Å². The summed E-state index contributed by atoms with van der Waals surface area (Å²) in [5.41, 5.74) is 1.14. The zero-order valence-corrected chi connectivity index (χ0v) is 19.2. The van der Waals surface area contributed by atoms with Gasteiger partial charge in [0.15, 0.2) is 5.13 Å². The highest BCUT2D eigenvalue weighted by atomic mass is 32.1. The molecule has 1 atom stereocenters. The van der Waals surface area contributed by atoms with Crippen molar-refractivity contribution in [2.45, 2.75) is 13.0 Å². The summed E-state index contributed by atoms with van der Waals surface area (Å²) in [5.74, 6) is -1.46. The van der Waals surface area contributed by atoms with Crippen molar-refractivity contribution in [1.82, 2.24) is 19.9 Å². The Morgan fingerprint density at radius 2 is 2.09 bits per heavy atom. The molecule has 1 aliphatic heterocycles. The Kier molecular flexibility index (Phi) is 5.87. The number of halogens is 1. The van der Waals surface area contributed by atoms with Crippen molar-refractivity contribution in [3.63, 3.8) is 0 Å². The zero-order valence-electron chi connectivity index (χ0n) is 18.4. The number of benzene rings is 2. The number of cyclic esters (lactones) is 1. The summed E-state index contributed by atoms with van der Waals surface area (Å²) < 4.78 is 22.6. The Morgan fingerprint density at radius 1 is 1.26 bits per heavy atom. The highest BCUT2D eigenvalue weighted by molar-refractivity contribution is 7.22. The fourth-order valence-corrected chi connectivity index (χ4v) is 4.56. The summed E-state index contributed by atoms with van der Waals surface area (Å²) in [6.45, 7) is 1.70. The molecule has 2 aromatic carbocycles. The van der Waals surface area contributed by atoms with Gasteiger partial charge in [0.25, 0.3) is 5.91 Å². The van der Waals surface area contributed by atoms with Gasteiger partial charge in [-0.3, -0.25) is 24.4 Å². The largest absolute Gasteiger partial charge is 0.442 e. The van der Waals surface area contributed by atoms with E-state index in [-0.39, 0.29) is 30.5 Å². The molecule has 5 rings (SSSR count). The standard InChI is InChI=1S/C23H19FN6O4S/c1-13(31)26-11-15-12-30(23(33)34-15)14-6-7-18(16(24)10-14)29-9-8-25-20(29)21(32)28-22-27-17-4-2-3-5-19(17)35-22/h2-10,15H,11-12H2,1H3,(H,26,31)(H,27,28,32)/t15-/m0/s1. The molecule has 4 aromatic rings. The number of anilines is 2. The molecular formula is C23H19FN6O4S. The smallest absolute Gasteiger partial charge is 0.414 e. The lowest BCUT2D eigenvalue weighted by molar-refractivity contribution is -0.119. The van der Waals surface area contributed by atoms with Gasteiger partial charge in [-0.1, -0.05) is 23.5 Å². The number of carbonyl (C=O) groups excluding carboxylic acids is 3. The van der Waals surface area contributed by atoms with Gasteiger partial charge in [0.05, 0.1) is 34.7 Å². The fourth-order valence-electron chi connectivity index (χ4n) is 3.70. The molecule has 0 aliphatic carbocycles. The summed E-state index contributed by atoms with van der Waals surface area (Å²) in [6, 6.07) is 11.7. The van der Waals surface area contributed by atoms with Gasteiger partial charge in [-0.15, -0.1) is 0 Å². The zero-order chi connectivity index (χ0) is 24.5. The molecule has 2 aromatic heterocycles. The van der Waals surface area contributed by atoms with Crippen LogP contribution in [-0.2, 0) is 9.53 Å². The molecular weight excluding hydrogens is 475 g/mol. The number of ether oxygens (including phenoxy) is 1. The average Bonchev–Trinajstić information content (AvgIpc) is 3.55. The Labute approximate surface area is 202 Å². The number of amides is 3. The number of fused-ring (bicyclic) bond motifs is 1. The van der Waals surface area contributed by atoms with E-state index in [0.29, 0.717) is 10.8 Å². The first-order valence-electron chi connectivity index (χ1n) is 10.6. The van der Waals surface area contributed by atoms with Crippen LogP contribution in [0.5, 0.6) is 0 Å². The molecule has 0 bridgehead atoms. The third-order valence-corrected chi connectivity index (χ3v) is 6.27. The van der Waals surface area contributed by atoms with Crippen LogP contribution < -0.4 is 15.5 Å².